The van der Waals surface area contributed by atoms with Crippen LogP contribution in [0.2, 0.25) is 0 Å². The lowest BCUT2D eigenvalue weighted by molar-refractivity contribution is -0.657. The summed E-state index contributed by atoms with van der Waals surface area (Å²) in [5, 5.41) is 13.4. The van der Waals surface area contributed by atoms with E-state index in [1.165, 1.54) is 31.2 Å². The summed E-state index contributed by atoms with van der Waals surface area (Å²) in [5.74, 6) is 1.33. The molecule has 4 heteroatoms. The second-order valence-electron chi connectivity index (χ2n) is 6.19. The summed E-state index contributed by atoms with van der Waals surface area (Å²) in [6.45, 7) is 3.82. The van der Waals surface area contributed by atoms with Crippen molar-refractivity contribution in [3.05, 3.63) is 54.1 Å². The van der Waals surface area contributed by atoms with E-state index in [1.54, 1.807) is 6.07 Å². The molecule has 0 aliphatic carbocycles. The number of nitrogens with one attached hydrogen (secondary N) is 2. The molecule has 0 aliphatic rings. The number of imidazole rings is 1. The Morgan fingerprint density at radius 2 is 1.79 bits per heavy atom. The monoisotopic (exact) mass is 324 g/mol. The van der Waals surface area contributed by atoms with E-state index in [1.807, 2.05) is 24.3 Å². The van der Waals surface area contributed by atoms with Gasteiger partial charge in [-0.1, -0.05) is 56.5 Å². The molecule has 0 atom stereocenters. The Morgan fingerprint density at radius 1 is 1.00 bits per heavy atom. The fourth-order valence-corrected chi connectivity index (χ4v) is 3.04. The normalized spacial score (nSPS) is 11.0. The number of para-hydroxylation sites is 3. The first-order valence-corrected chi connectivity index (χ1v) is 8.81. The van der Waals surface area contributed by atoms with Gasteiger partial charge in [-0.3, -0.25) is 5.32 Å². The smallest absolute Gasteiger partial charge is 0.356 e. The number of fused-ring (bicyclic) bond motifs is 1. The van der Waals surface area contributed by atoms with Crippen molar-refractivity contribution in [2.24, 2.45) is 0 Å². The number of aromatic nitrogens is 2. The number of hydrogen-bond acceptors (Lipinski definition) is 2. The first-order valence-electron chi connectivity index (χ1n) is 8.81. The van der Waals surface area contributed by atoms with Crippen LogP contribution in [0.5, 0.6) is 5.75 Å². The Bertz CT molecular complexity index is 794. The van der Waals surface area contributed by atoms with Gasteiger partial charge in [-0.15, -0.1) is 0 Å². The number of aromatic amines is 1. The molecule has 0 saturated heterocycles. The third-order valence-electron chi connectivity index (χ3n) is 4.39. The highest BCUT2D eigenvalue weighted by atomic mass is 16.3. The van der Waals surface area contributed by atoms with Crippen molar-refractivity contribution in [1.82, 2.24) is 4.98 Å². The van der Waals surface area contributed by atoms with Crippen LogP contribution in [0.3, 0.4) is 0 Å². The molecule has 0 fully saturated rings. The van der Waals surface area contributed by atoms with Gasteiger partial charge in [0.2, 0.25) is 0 Å². The van der Waals surface area contributed by atoms with Gasteiger partial charge in [0.1, 0.15) is 16.8 Å². The van der Waals surface area contributed by atoms with Gasteiger partial charge >= 0.3 is 5.95 Å². The highest BCUT2D eigenvalue weighted by molar-refractivity contribution is 5.72. The molecule has 1 aromatic heterocycles. The number of phenolic OH excluding ortho intramolecular Hbond substituents is 1. The Hall–Kier alpha value is -2.49. The minimum Gasteiger partial charge on any atom is -0.508 e. The van der Waals surface area contributed by atoms with E-state index >= 15 is 0 Å². The van der Waals surface area contributed by atoms with Crippen molar-refractivity contribution in [1.29, 1.82) is 0 Å². The van der Waals surface area contributed by atoms with Crippen molar-refractivity contribution >= 4 is 17.0 Å². The van der Waals surface area contributed by atoms with Crippen molar-refractivity contribution < 1.29 is 9.67 Å². The van der Waals surface area contributed by atoms with Gasteiger partial charge < -0.3 is 5.11 Å². The molecule has 0 aliphatic heterocycles. The number of unbranched alkanes of at least 4 members (excludes halogenated alkanes) is 3. The molecule has 3 N–H and O–H groups in total. The first kappa shape index (κ1) is 16.4. The van der Waals surface area contributed by atoms with E-state index in [9.17, 15) is 5.11 Å². The van der Waals surface area contributed by atoms with Crippen LogP contribution < -0.4 is 9.88 Å². The van der Waals surface area contributed by atoms with Crippen LogP contribution >= 0.6 is 0 Å². The second-order valence-corrected chi connectivity index (χ2v) is 6.19. The van der Waals surface area contributed by atoms with Crippen molar-refractivity contribution in [3.8, 4) is 5.75 Å². The number of aryl methyl sites for hydroxylation is 1. The summed E-state index contributed by atoms with van der Waals surface area (Å²) < 4.78 is 2.31. The molecule has 0 bridgehead atoms. The number of phenols is 1. The average Bonchev–Trinajstić information content (AvgIpc) is 2.96. The van der Waals surface area contributed by atoms with Crippen molar-refractivity contribution in [2.45, 2.75) is 45.7 Å². The van der Waals surface area contributed by atoms with E-state index in [2.05, 4.69) is 40.0 Å². The summed E-state index contributed by atoms with van der Waals surface area (Å²) in [6, 6.07) is 15.8. The van der Waals surface area contributed by atoms with Crippen LogP contribution in [0.25, 0.3) is 11.0 Å². The van der Waals surface area contributed by atoms with Crippen LogP contribution in [0.4, 0.5) is 5.95 Å². The minimum absolute atomic E-state index is 0.329. The van der Waals surface area contributed by atoms with Crippen LogP contribution in [-0.4, -0.2) is 10.1 Å². The summed E-state index contributed by atoms with van der Waals surface area (Å²) in [7, 11) is 0. The minimum atomic E-state index is 0.329. The molecule has 3 aromatic rings. The van der Waals surface area contributed by atoms with E-state index in [0.717, 1.165) is 23.6 Å². The zero-order valence-electron chi connectivity index (χ0n) is 14.3. The molecule has 126 valence electrons. The zero-order chi connectivity index (χ0) is 16.8. The number of nitrogens with zero attached hydrogens (tertiary/aromatic N) is 1. The number of benzene rings is 2. The van der Waals surface area contributed by atoms with Crippen LogP contribution in [0.15, 0.2) is 48.5 Å². The fourth-order valence-electron chi connectivity index (χ4n) is 3.04. The molecule has 0 unspecified atom stereocenters. The highest BCUT2D eigenvalue weighted by Gasteiger charge is 2.16. The molecule has 0 radical (unpaired) electrons. The number of hydrogen-bond donors (Lipinski definition) is 3. The lowest BCUT2D eigenvalue weighted by Gasteiger charge is -2.06. The maximum Gasteiger partial charge on any atom is 0.356 e. The zero-order valence-corrected chi connectivity index (χ0v) is 14.3. The van der Waals surface area contributed by atoms with Gasteiger partial charge in [0.15, 0.2) is 0 Å². The maximum absolute atomic E-state index is 9.94. The Morgan fingerprint density at radius 3 is 2.62 bits per heavy atom. The lowest BCUT2D eigenvalue weighted by atomic mass is 10.2. The van der Waals surface area contributed by atoms with E-state index in [4.69, 9.17) is 0 Å². The first-order chi connectivity index (χ1) is 11.8. The summed E-state index contributed by atoms with van der Waals surface area (Å²) >= 11 is 0. The highest BCUT2D eigenvalue weighted by Crippen LogP contribution is 2.18. The number of rotatable bonds is 8. The maximum atomic E-state index is 9.94. The largest absolute Gasteiger partial charge is 0.508 e. The predicted molar refractivity (Wildman–Crippen MR) is 98.1 cm³/mol. The Kier molecular flexibility index (Phi) is 5.36. The van der Waals surface area contributed by atoms with Crippen LogP contribution in [0, 0.1) is 0 Å². The molecule has 3 rings (SSSR count). The van der Waals surface area contributed by atoms with Crippen LogP contribution in [0.1, 0.15) is 38.2 Å². The van der Waals surface area contributed by atoms with Crippen molar-refractivity contribution in [2.75, 3.05) is 5.32 Å². The van der Waals surface area contributed by atoms with Gasteiger partial charge in [-0.25, -0.2) is 9.55 Å². The number of aromatic hydroxyl groups is 1. The fraction of sp³-hybridized carbons (Fsp3) is 0.350. The van der Waals surface area contributed by atoms with E-state index in [0.29, 0.717) is 12.3 Å². The van der Waals surface area contributed by atoms with Gasteiger partial charge in [0.05, 0.1) is 13.1 Å². The molecular weight excluding hydrogens is 298 g/mol. The van der Waals surface area contributed by atoms with Gasteiger partial charge in [-0.05, 0) is 24.6 Å². The molecule has 0 spiro atoms. The quantitative estimate of drug-likeness (QED) is 0.426. The van der Waals surface area contributed by atoms with Gasteiger partial charge in [0, 0.05) is 5.56 Å². The van der Waals surface area contributed by atoms with E-state index < -0.39 is 0 Å². The SMILES string of the molecule is CCCCCC[n+]1c(NCc2ccccc2O)[nH]c2ccccc21. The molecule has 24 heavy (non-hydrogen) atoms. The van der Waals surface area contributed by atoms with Crippen LogP contribution in [-0.2, 0) is 13.1 Å². The number of anilines is 1. The summed E-state index contributed by atoms with van der Waals surface area (Å²) in [5.41, 5.74) is 3.25. The summed E-state index contributed by atoms with van der Waals surface area (Å²) in [6.07, 6.45) is 4.95. The van der Waals surface area contributed by atoms with E-state index in [-0.39, 0.29) is 0 Å². The topological polar surface area (TPSA) is 51.9 Å². The third kappa shape index (κ3) is 3.70. The molecular formula is C20H26N3O+. The number of H-pyrrole nitrogens is 1. The molecule has 0 amide bonds. The second kappa shape index (κ2) is 7.86. The Balaban J connectivity index is 1.79. The predicted octanol–water partition coefficient (Wildman–Crippen LogP) is 4.35. The lowest BCUT2D eigenvalue weighted by Crippen LogP contribution is -2.36. The van der Waals surface area contributed by atoms with Gasteiger partial charge in [0.25, 0.3) is 0 Å². The standard InChI is InChI=1S/C20H25N3O/c1-2-3-4-9-14-23-18-12-7-6-11-17(18)22-20(23)21-15-16-10-5-8-13-19(16)24/h5-8,10-13H,2-4,9,14-15H2,1H3,(H2,21,22,24)/p+1. The van der Waals surface area contributed by atoms with Gasteiger partial charge in [-0.2, -0.15) is 0 Å². The molecule has 0 saturated carbocycles. The third-order valence-corrected chi connectivity index (χ3v) is 4.39. The van der Waals surface area contributed by atoms with Crippen molar-refractivity contribution in [3.63, 3.8) is 0 Å². The molecule has 1 heterocycles. The Labute approximate surface area is 143 Å². The average molecular weight is 324 g/mol. The molecule has 4 nitrogen and oxygen atoms in total. The molecule has 2 aromatic carbocycles. The summed E-state index contributed by atoms with van der Waals surface area (Å²) in [4.78, 5) is 3.47.